The van der Waals surface area contributed by atoms with E-state index in [1.807, 2.05) is 36.4 Å². The molecule has 0 bridgehead atoms. The van der Waals surface area contributed by atoms with Crippen molar-refractivity contribution >= 4 is 43.6 Å². The fourth-order valence-corrected chi connectivity index (χ4v) is 9.11. The molecule has 3 aromatic heterocycles. The summed E-state index contributed by atoms with van der Waals surface area (Å²) in [7, 11) is 0. The summed E-state index contributed by atoms with van der Waals surface area (Å²) in [5.41, 5.74) is 14.2. The van der Waals surface area contributed by atoms with Crippen molar-refractivity contribution < 1.29 is 0 Å². The molecular formula is C57H37N5. The van der Waals surface area contributed by atoms with E-state index < -0.39 is 0 Å². The maximum Gasteiger partial charge on any atom is 0.164 e. The average molecular weight is 792 g/mol. The van der Waals surface area contributed by atoms with Gasteiger partial charge in [-0.3, -0.25) is 0 Å². The highest BCUT2D eigenvalue weighted by Crippen LogP contribution is 2.41. The van der Waals surface area contributed by atoms with Crippen LogP contribution in [0.4, 0.5) is 0 Å². The molecule has 0 aliphatic rings. The highest BCUT2D eigenvalue weighted by atomic mass is 15.0. The second-order valence-electron chi connectivity index (χ2n) is 15.6. The summed E-state index contributed by atoms with van der Waals surface area (Å²) in [6.45, 7) is 0. The molecule has 0 spiro atoms. The van der Waals surface area contributed by atoms with E-state index in [0.717, 1.165) is 55.8 Å². The van der Waals surface area contributed by atoms with Crippen LogP contribution in [0.3, 0.4) is 0 Å². The number of benzene rings is 9. The minimum Gasteiger partial charge on any atom is -0.309 e. The van der Waals surface area contributed by atoms with Crippen LogP contribution < -0.4 is 0 Å². The molecule has 0 aliphatic heterocycles. The lowest BCUT2D eigenvalue weighted by atomic mass is 9.97. The van der Waals surface area contributed by atoms with Crippen molar-refractivity contribution in [2.45, 2.75) is 0 Å². The third kappa shape index (κ3) is 5.98. The van der Waals surface area contributed by atoms with Crippen molar-refractivity contribution in [3.8, 4) is 67.8 Å². The summed E-state index contributed by atoms with van der Waals surface area (Å²) in [6, 6.07) is 79.3. The van der Waals surface area contributed by atoms with Gasteiger partial charge in [0.25, 0.3) is 0 Å². The van der Waals surface area contributed by atoms with Crippen LogP contribution in [0.2, 0.25) is 0 Å². The SMILES string of the molecule is c1ccc(-c2ccc(-c3nc(-c4ccccc4)nc(-c4cccc(-c5cccc6c5c5ccccc5n6-c5ccc6c7ccccc7n(-c7ccccc7)c6c5)c4)n3)cc2)cc1. The molecule has 62 heavy (non-hydrogen) atoms. The van der Waals surface area contributed by atoms with Crippen LogP contribution in [-0.4, -0.2) is 24.1 Å². The van der Waals surface area contributed by atoms with Gasteiger partial charge in [-0.1, -0.05) is 176 Å². The summed E-state index contributed by atoms with van der Waals surface area (Å²) in [4.78, 5) is 15.2. The Labute approximate surface area is 358 Å². The third-order valence-corrected chi connectivity index (χ3v) is 12.0. The van der Waals surface area contributed by atoms with Crippen molar-refractivity contribution in [2.24, 2.45) is 0 Å². The van der Waals surface area contributed by atoms with E-state index in [4.69, 9.17) is 15.0 Å². The molecule has 0 N–H and O–H groups in total. The van der Waals surface area contributed by atoms with Gasteiger partial charge in [-0.15, -0.1) is 0 Å². The number of aromatic nitrogens is 5. The summed E-state index contributed by atoms with van der Waals surface area (Å²) >= 11 is 0. The first-order valence-electron chi connectivity index (χ1n) is 20.9. The Morgan fingerprint density at radius 1 is 0.258 bits per heavy atom. The summed E-state index contributed by atoms with van der Waals surface area (Å²) in [5.74, 6) is 1.89. The van der Waals surface area contributed by atoms with E-state index in [-0.39, 0.29) is 0 Å². The molecule has 9 aromatic carbocycles. The molecule has 5 heteroatoms. The Morgan fingerprint density at radius 3 is 1.45 bits per heavy atom. The Hall–Kier alpha value is -8.41. The van der Waals surface area contributed by atoms with Gasteiger partial charge in [0.1, 0.15) is 0 Å². The molecule has 290 valence electrons. The van der Waals surface area contributed by atoms with Crippen LogP contribution in [-0.2, 0) is 0 Å². The molecule has 3 heterocycles. The van der Waals surface area contributed by atoms with Gasteiger partial charge in [-0.05, 0) is 70.8 Å². The average Bonchev–Trinajstić information content (AvgIpc) is 3.87. The number of rotatable bonds is 7. The largest absolute Gasteiger partial charge is 0.309 e. The van der Waals surface area contributed by atoms with Crippen molar-refractivity contribution in [1.82, 2.24) is 24.1 Å². The number of fused-ring (bicyclic) bond motifs is 6. The minimum atomic E-state index is 0.625. The van der Waals surface area contributed by atoms with Crippen molar-refractivity contribution in [2.75, 3.05) is 0 Å². The maximum atomic E-state index is 5.13. The predicted octanol–water partition coefficient (Wildman–Crippen LogP) is 14.4. The van der Waals surface area contributed by atoms with Crippen molar-refractivity contribution in [3.05, 3.63) is 224 Å². The molecule has 0 unspecified atom stereocenters. The first-order chi connectivity index (χ1) is 30.7. The van der Waals surface area contributed by atoms with Gasteiger partial charge in [0.05, 0.1) is 22.1 Å². The van der Waals surface area contributed by atoms with E-state index in [1.165, 1.54) is 38.1 Å². The highest BCUT2D eigenvalue weighted by Gasteiger charge is 2.20. The molecular weight excluding hydrogens is 755 g/mol. The Balaban J connectivity index is 1.01. The van der Waals surface area contributed by atoms with Gasteiger partial charge in [0.2, 0.25) is 0 Å². The smallest absolute Gasteiger partial charge is 0.164 e. The van der Waals surface area contributed by atoms with Gasteiger partial charge >= 0.3 is 0 Å². The van der Waals surface area contributed by atoms with Gasteiger partial charge in [-0.25, -0.2) is 15.0 Å². The fraction of sp³-hybridized carbons (Fsp3) is 0. The molecule has 12 aromatic rings. The standard InChI is InChI=1S/C57H37N5/c1-4-16-38(17-5-1)39-30-32-41(33-31-39)56-58-55(40-18-6-2-7-19-40)59-57(60-56)43-21-14-20-42(36-43)46-26-15-29-52-54(46)49-25-11-13-28-51(49)62(52)45-34-35-48-47-24-10-12-27-50(47)61(53(48)37-45)44-22-8-3-9-23-44/h1-37H. The predicted molar refractivity (Wildman–Crippen MR) is 256 cm³/mol. The summed E-state index contributed by atoms with van der Waals surface area (Å²) in [5, 5.41) is 4.86. The number of hydrogen-bond acceptors (Lipinski definition) is 3. The van der Waals surface area contributed by atoms with Crippen LogP contribution in [0.5, 0.6) is 0 Å². The van der Waals surface area contributed by atoms with E-state index in [0.29, 0.717) is 17.5 Å². The fourth-order valence-electron chi connectivity index (χ4n) is 9.11. The third-order valence-electron chi connectivity index (χ3n) is 12.0. The second-order valence-corrected chi connectivity index (χ2v) is 15.6. The topological polar surface area (TPSA) is 48.5 Å². The molecule has 12 rings (SSSR count). The van der Waals surface area contributed by atoms with Gasteiger partial charge < -0.3 is 9.13 Å². The molecule has 0 atom stereocenters. The Bertz CT molecular complexity index is 3610. The Morgan fingerprint density at radius 2 is 0.726 bits per heavy atom. The molecule has 0 saturated heterocycles. The van der Waals surface area contributed by atoms with E-state index in [9.17, 15) is 0 Å². The van der Waals surface area contributed by atoms with Crippen LogP contribution >= 0.6 is 0 Å². The lowest BCUT2D eigenvalue weighted by Gasteiger charge is -2.12. The second kappa shape index (κ2) is 14.7. The summed E-state index contributed by atoms with van der Waals surface area (Å²) < 4.78 is 4.80. The zero-order valence-corrected chi connectivity index (χ0v) is 33.6. The quantitative estimate of drug-likeness (QED) is 0.162. The van der Waals surface area contributed by atoms with Crippen LogP contribution in [0, 0.1) is 0 Å². The zero-order chi connectivity index (χ0) is 41.0. The number of nitrogens with zero attached hydrogens (tertiary/aromatic N) is 5. The highest BCUT2D eigenvalue weighted by molar-refractivity contribution is 6.16. The Kier molecular flexibility index (Phi) is 8.42. The summed E-state index contributed by atoms with van der Waals surface area (Å²) in [6.07, 6.45) is 0. The number of hydrogen-bond donors (Lipinski definition) is 0. The van der Waals surface area contributed by atoms with Crippen molar-refractivity contribution in [1.29, 1.82) is 0 Å². The van der Waals surface area contributed by atoms with Gasteiger partial charge in [0, 0.05) is 49.6 Å². The first-order valence-corrected chi connectivity index (χ1v) is 20.9. The molecule has 5 nitrogen and oxygen atoms in total. The number of para-hydroxylation sites is 3. The van der Waals surface area contributed by atoms with Crippen molar-refractivity contribution in [3.63, 3.8) is 0 Å². The van der Waals surface area contributed by atoms with Crippen LogP contribution in [0.25, 0.3) is 111 Å². The minimum absolute atomic E-state index is 0.625. The lowest BCUT2D eigenvalue weighted by molar-refractivity contribution is 1.07. The maximum absolute atomic E-state index is 5.13. The van der Waals surface area contributed by atoms with Crippen LogP contribution in [0.1, 0.15) is 0 Å². The van der Waals surface area contributed by atoms with Gasteiger partial charge in [-0.2, -0.15) is 0 Å². The van der Waals surface area contributed by atoms with Gasteiger partial charge in [0.15, 0.2) is 17.5 Å². The van der Waals surface area contributed by atoms with E-state index in [1.54, 1.807) is 0 Å². The van der Waals surface area contributed by atoms with E-state index in [2.05, 4.69) is 197 Å². The van der Waals surface area contributed by atoms with E-state index >= 15 is 0 Å². The zero-order valence-electron chi connectivity index (χ0n) is 33.6. The molecule has 0 saturated carbocycles. The molecule has 0 fully saturated rings. The lowest BCUT2D eigenvalue weighted by Crippen LogP contribution is -2.00. The molecule has 0 radical (unpaired) electrons. The molecule has 0 amide bonds. The monoisotopic (exact) mass is 791 g/mol. The molecule has 0 aliphatic carbocycles. The van der Waals surface area contributed by atoms with Crippen LogP contribution in [0.15, 0.2) is 224 Å². The first kappa shape index (κ1) is 35.5. The normalized spacial score (nSPS) is 11.5.